The zero-order valence-corrected chi connectivity index (χ0v) is 22.4. The summed E-state index contributed by atoms with van der Waals surface area (Å²) < 4.78 is 1.55. The largest absolute Gasteiger partial charge is 0.390 e. The van der Waals surface area contributed by atoms with Gasteiger partial charge in [-0.1, -0.05) is 54.2 Å². The molecule has 11 heteroatoms. The quantitative estimate of drug-likeness (QED) is 0.258. The van der Waals surface area contributed by atoms with Crippen LogP contribution in [0.5, 0.6) is 0 Å². The summed E-state index contributed by atoms with van der Waals surface area (Å²) in [6.07, 6.45) is -0.184. The molecule has 6 atom stereocenters. The smallest absolute Gasteiger partial charge is 0.226 e. The average molecular weight is 526 g/mol. The molecule has 0 spiro atoms. The SMILES string of the molecule is CCCSc1nc(NC2CC2c2ccccc2)c2nnn(C3CC(C(=O)NC(C)(C)C)C(O)C3O)c2n1. The normalized spacial score (nSPS) is 27.4. The highest BCUT2D eigenvalue weighted by Crippen LogP contribution is 2.43. The van der Waals surface area contributed by atoms with Crippen LogP contribution in [-0.2, 0) is 4.79 Å². The average Bonchev–Trinajstić information content (AvgIpc) is 3.39. The van der Waals surface area contributed by atoms with Gasteiger partial charge in [-0.25, -0.2) is 14.6 Å². The van der Waals surface area contributed by atoms with E-state index in [9.17, 15) is 15.0 Å². The number of fused-ring (bicyclic) bond motifs is 1. The Kier molecular flexibility index (Phi) is 7.12. The van der Waals surface area contributed by atoms with Crippen molar-refractivity contribution in [2.45, 2.75) is 87.9 Å². The first-order chi connectivity index (χ1) is 17.7. The number of hydrogen-bond acceptors (Lipinski definition) is 9. The van der Waals surface area contributed by atoms with E-state index >= 15 is 0 Å². The van der Waals surface area contributed by atoms with Crippen molar-refractivity contribution < 1.29 is 15.0 Å². The number of carbonyl (C=O) groups excluding carboxylic acids is 1. The number of hydrogen-bond donors (Lipinski definition) is 4. The zero-order chi connectivity index (χ0) is 26.3. The minimum atomic E-state index is -1.21. The van der Waals surface area contributed by atoms with Crippen molar-refractivity contribution in [2.75, 3.05) is 11.1 Å². The van der Waals surface area contributed by atoms with Crippen LogP contribution in [0.2, 0.25) is 0 Å². The Hall–Kier alpha value is -2.76. The summed E-state index contributed by atoms with van der Waals surface area (Å²) in [4.78, 5) is 22.3. The molecule has 0 radical (unpaired) electrons. The van der Waals surface area contributed by atoms with Crippen LogP contribution in [0.3, 0.4) is 0 Å². The highest BCUT2D eigenvalue weighted by Gasteiger charge is 2.48. The van der Waals surface area contributed by atoms with E-state index in [0.29, 0.717) is 28.1 Å². The fourth-order valence-electron chi connectivity index (χ4n) is 4.96. The van der Waals surface area contributed by atoms with Gasteiger partial charge in [0.15, 0.2) is 22.1 Å². The van der Waals surface area contributed by atoms with Gasteiger partial charge in [0.2, 0.25) is 5.91 Å². The number of nitrogens with zero attached hydrogens (tertiary/aromatic N) is 5. The topological polar surface area (TPSA) is 138 Å². The number of rotatable bonds is 8. The van der Waals surface area contributed by atoms with E-state index in [0.717, 1.165) is 18.6 Å². The van der Waals surface area contributed by atoms with Gasteiger partial charge in [-0.05, 0) is 45.6 Å². The Balaban J connectivity index is 1.43. The Labute approximate surface area is 220 Å². The third-order valence-electron chi connectivity index (χ3n) is 6.88. The molecule has 1 amide bonds. The third-order valence-corrected chi connectivity index (χ3v) is 7.93. The number of aliphatic hydroxyl groups is 2. The molecular formula is C26H35N7O3S. The fraction of sp³-hybridized carbons (Fsp3) is 0.577. The molecule has 2 aromatic heterocycles. The molecule has 2 saturated carbocycles. The predicted molar refractivity (Wildman–Crippen MR) is 142 cm³/mol. The molecule has 0 aliphatic heterocycles. The standard InChI is InChI=1S/C26H35N7O3S/c1-5-11-37-25-28-22(27-17-12-15(17)14-9-7-6-8-10-14)19-23(29-25)33(32-31-19)18-13-16(20(34)21(18)35)24(36)30-26(2,3)4/h6-10,15-18,20-21,34-35H,5,11-13H2,1-4H3,(H,30,36)(H,27,28,29). The maximum atomic E-state index is 12.8. The highest BCUT2D eigenvalue weighted by atomic mass is 32.2. The van der Waals surface area contributed by atoms with Gasteiger partial charge in [-0.2, -0.15) is 0 Å². The molecule has 3 aromatic rings. The van der Waals surface area contributed by atoms with Crippen LogP contribution in [0.25, 0.3) is 11.2 Å². The van der Waals surface area contributed by atoms with E-state index in [1.807, 2.05) is 26.8 Å². The zero-order valence-electron chi connectivity index (χ0n) is 21.6. The molecule has 0 saturated heterocycles. The molecule has 5 rings (SSSR count). The van der Waals surface area contributed by atoms with Crippen LogP contribution in [0, 0.1) is 5.92 Å². The van der Waals surface area contributed by atoms with Crippen LogP contribution in [0.1, 0.15) is 64.5 Å². The molecule has 2 aliphatic carbocycles. The van der Waals surface area contributed by atoms with E-state index in [2.05, 4.69) is 52.1 Å². The van der Waals surface area contributed by atoms with Gasteiger partial charge >= 0.3 is 0 Å². The van der Waals surface area contributed by atoms with Gasteiger partial charge in [0.05, 0.1) is 18.1 Å². The summed E-state index contributed by atoms with van der Waals surface area (Å²) in [5.74, 6) is 0.838. The Morgan fingerprint density at radius 3 is 2.59 bits per heavy atom. The minimum absolute atomic E-state index is 0.228. The van der Waals surface area contributed by atoms with Crippen molar-refractivity contribution >= 4 is 34.7 Å². The lowest BCUT2D eigenvalue weighted by molar-refractivity contribution is -0.130. The fourth-order valence-corrected chi connectivity index (χ4v) is 5.66. The molecule has 2 heterocycles. The maximum absolute atomic E-state index is 12.8. The number of anilines is 1. The minimum Gasteiger partial charge on any atom is -0.390 e. The van der Waals surface area contributed by atoms with Crippen LogP contribution >= 0.6 is 11.8 Å². The molecule has 0 bridgehead atoms. The van der Waals surface area contributed by atoms with Crippen LogP contribution in [0.4, 0.5) is 5.82 Å². The summed E-state index contributed by atoms with van der Waals surface area (Å²) in [7, 11) is 0. The first-order valence-corrected chi connectivity index (χ1v) is 13.9. The molecule has 6 unspecified atom stereocenters. The van der Waals surface area contributed by atoms with Crippen molar-refractivity contribution in [2.24, 2.45) is 5.92 Å². The van der Waals surface area contributed by atoms with Gasteiger partial charge in [0.25, 0.3) is 0 Å². The second kappa shape index (κ2) is 10.2. The van der Waals surface area contributed by atoms with Gasteiger partial charge in [-0.15, -0.1) is 5.10 Å². The van der Waals surface area contributed by atoms with E-state index < -0.39 is 29.7 Å². The van der Waals surface area contributed by atoms with Crippen LogP contribution < -0.4 is 10.6 Å². The van der Waals surface area contributed by atoms with E-state index in [1.165, 1.54) is 5.56 Å². The van der Waals surface area contributed by atoms with E-state index in [-0.39, 0.29) is 18.4 Å². The number of aliphatic hydroxyl groups excluding tert-OH is 2. The summed E-state index contributed by atoms with van der Waals surface area (Å²) in [6.45, 7) is 7.75. The first kappa shape index (κ1) is 25.9. The summed E-state index contributed by atoms with van der Waals surface area (Å²) in [5.41, 5.74) is 1.85. The van der Waals surface area contributed by atoms with Gasteiger partial charge in [0.1, 0.15) is 6.10 Å². The van der Waals surface area contributed by atoms with Crippen molar-refractivity contribution in [3.05, 3.63) is 35.9 Å². The number of amides is 1. The lowest BCUT2D eigenvalue weighted by Crippen LogP contribution is -2.46. The molecule has 2 fully saturated rings. The lowest BCUT2D eigenvalue weighted by Gasteiger charge is -2.24. The van der Waals surface area contributed by atoms with Crippen molar-refractivity contribution in [1.82, 2.24) is 30.3 Å². The van der Waals surface area contributed by atoms with Crippen molar-refractivity contribution in [3.8, 4) is 0 Å². The van der Waals surface area contributed by atoms with Gasteiger partial charge in [-0.3, -0.25) is 4.79 Å². The maximum Gasteiger partial charge on any atom is 0.226 e. The second-order valence-corrected chi connectivity index (χ2v) is 12.1. The van der Waals surface area contributed by atoms with Gasteiger partial charge in [0, 0.05) is 23.3 Å². The monoisotopic (exact) mass is 525 g/mol. The summed E-state index contributed by atoms with van der Waals surface area (Å²) >= 11 is 1.55. The Morgan fingerprint density at radius 1 is 1.14 bits per heavy atom. The van der Waals surface area contributed by atoms with E-state index in [4.69, 9.17) is 9.97 Å². The number of benzene rings is 1. The Morgan fingerprint density at radius 2 is 1.89 bits per heavy atom. The van der Waals surface area contributed by atoms with Gasteiger partial charge < -0.3 is 20.8 Å². The molecule has 10 nitrogen and oxygen atoms in total. The molecule has 1 aromatic carbocycles. The first-order valence-electron chi connectivity index (χ1n) is 12.9. The molecule has 198 valence electrons. The van der Waals surface area contributed by atoms with Crippen LogP contribution in [-0.4, -0.2) is 70.6 Å². The summed E-state index contributed by atoms with van der Waals surface area (Å²) in [6, 6.07) is 9.99. The molecule has 37 heavy (non-hydrogen) atoms. The van der Waals surface area contributed by atoms with Crippen LogP contribution in [0.15, 0.2) is 35.5 Å². The van der Waals surface area contributed by atoms with Crippen molar-refractivity contribution in [3.63, 3.8) is 0 Å². The molecule has 4 N–H and O–H groups in total. The summed E-state index contributed by atoms with van der Waals surface area (Å²) in [5, 5.41) is 37.4. The number of carbonyl (C=O) groups is 1. The third kappa shape index (κ3) is 5.44. The van der Waals surface area contributed by atoms with E-state index in [1.54, 1.807) is 16.4 Å². The number of thioether (sulfide) groups is 1. The predicted octanol–water partition coefficient (Wildman–Crippen LogP) is 2.89. The second-order valence-electron chi connectivity index (χ2n) is 11.0. The number of aromatic nitrogens is 5. The van der Waals surface area contributed by atoms with Crippen molar-refractivity contribution in [1.29, 1.82) is 0 Å². The Bertz CT molecular complexity index is 1260. The lowest BCUT2D eigenvalue weighted by atomic mass is 10.0. The molecule has 2 aliphatic rings. The highest BCUT2D eigenvalue weighted by molar-refractivity contribution is 7.99. The molecular weight excluding hydrogens is 490 g/mol. The number of nitrogens with one attached hydrogen (secondary N) is 2.